The molecule has 0 spiro atoms. The molecule has 0 aliphatic carbocycles. The summed E-state index contributed by atoms with van der Waals surface area (Å²) < 4.78 is 11.7. The summed E-state index contributed by atoms with van der Waals surface area (Å²) in [5.41, 5.74) is 0. The van der Waals surface area contributed by atoms with Gasteiger partial charge < -0.3 is 8.85 Å². The van der Waals surface area contributed by atoms with Gasteiger partial charge in [-0.15, -0.1) is 0 Å². The van der Waals surface area contributed by atoms with Crippen LogP contribution in [0.4, 0.5) is 0 Å². The monoisotopic (exact) mass is 204 g/mol. The Kier molecular flexibility index (Phi) is 3.51. The zero-order valence-electron chi connectivity index (χ0n) is 8.59. The average Bonchev–Trinajstić information content (AvgIpc) is 1.82. The highest BCUT2D eigenvalue weighted by atomic mass is 28.4. The molecule has 1 unspecified atom stereocenters. The molecule has 0 aromatic rings. The zero-order valence-corrected chi connectivity index (χ0v) is 10.7. The van der Waals surface area contributed by atoms with E-state index >= 15 is 0 Å². The second-order valence-electron chi connectivity index (χ2n) is 4.38. The Balaban J connectivity index is 2.36. The lowest BCUT2D eigenvalue weighted by Gasteiger charge is -2.35. The molecule has 1 aliphatic rings. The van der Waals surface area contributed by atoms with E-state index in [1.165, 1.54) is 12.5 Å². The first-order valence-electron chi connectivity index (χ1n) is 4.83. The average molecular weight is 204 g/mol. The van der Waals surface area contributed by atoms with Crippen molar-refractivity contribution in [3.05, 3.63) is 0 Å². The van der Waals surface area contributed by atoms with E-state index < -0.39 is 17.4 Å². The minimum absolute atomic E-state index is 0.145. The van der Waals surface area contributed by atoms with Gasteiger partial charge in [-0.25, -0.2) is 0 Å². The topological polar surface area (TPSA) is 18.5 Å². The maximum atomic E-state index is 5.94. The van der Waals surface area contributed by atoms with Crippen LogP contribution in [0.15, 0.2) is 0 Å². The van der Waals surface area contributed by atoms with Gasteiger partial charge in [-0.1, -0.05) is 0 Å². The lowest BCUT2D eigenvalue weighted by atomic mass is 10.3. The van der Waals surface area contributed by atoms with E-state index in [-0.39, 0.29) is 6.29 Å². The summed E-state index contributed by atoms with van der Waals surface area (Å²) >= 11 is 0. The van der Waals surface area contributed by atoms with Gasteiger partial charge in [0.1, 0.15) is 6.29 Å². The maximum absolute atomic E-state index is 5.94. The molecule has 0 aromatic heterocycles. The summed E-state index contributed by atoms with van der Waals surface area (Å²) in [6, 6.07) is 1.30. The first-order chi connectivity index (χ1) is 5.49. The normalized spacial score (nSPS) is 29.2. The molecule has 1 aliphatic heterocycles. The second kappa shape index (κ2) is 4.04. The quantitative estimate of drug-likeness (QED) is 0.643. The molecular formula is C8H20O2Si2. The Hall–Kier alpha value is 0.354. The van der Waals surface area contributed by atoms with Crippen LogP contribution in [0, 0.1) is 0 Å². The van der Waals surface area contributed by atoms with Crippen molar-refractivity contribution in [3.63, 3.8) is 0 Å². The fraction of sp³-hybridized carbons (Fsp3) is 1.00. The molecule has 0 saturated carbocycles. The summed E-state index contributed by atoms with van der Waals surface area (Å²) in [4.78, 5) is 0. The molecule has 1 fully saturated rings. The van der Waals surface area contributed by atoms with Crippen LogP contribution in [-0.2, 0) is 8.85 Å². The Morgan fingerprint density at radius 2 is 2.08 bits per heavy atom. The van der Waals surface area contributed by atoms with Crippen LogP contribution in [0.2, 0.25) is 32.2 Å². The molecule has 2 nitrogen and oxygen atoms in total. The van der Waals surface area contributed by atoms with Crippen molar-refractivity contribution in [2.24, 2.45) is 0 Å². The Bertz CT molecular complexity index is 148. The highest BCUT2D eigenvalue weighted by Crippen LogP contribution is 2.26. The smallest absolute Gasteiger partial charge is 0.190 e. The SMILES string of the molecule is C[SiH](C)OC1CCC[Si](C)(C)O1. The summed E-state index contributed by atoms with van der Waals surface area (Å²) in [5.74, 6) is 0. The molecule has 1 heterocycles. The van der Waals surface area contributed by atoms with Gasteiger partial charge in [0.2, 0.25) is 0 Å². The third-order valence-corrected chi connectivity index (χ3v) is 5.40. The molecule has 12 heavy (non-hydrogen) atoms. The molecule has 1 atom stereocenters. The molecule has 1 rings (SSSR count). The van der Waals surface area contributed by atoms with Crippen LogP contribution in [0.25, 0.3) is 0 Å². The molecule has 0 bridgehead atoms. The van der Waals surface area contributed by atoms with E-state index in [4.69, 9.17) is 8.85 Å². The Morgan fingerprint density at radius 3 is 2.58 bits per heavy atom. The fourth-order valence-electron chi connectivity index (χ4n) is 1.57. The van der Waals surface area contributed by atoms with Crippen molar-refractivity contribution in [3.8, 4) is 0 Å². The largest absolute Gasteiger partial charge is 0.397 e. The van der Waals surface area contributed by atoms with Gasteiger partial charge in [0.25, 0.3) is 0 Å². The van der Waals surface area contributed by atoms with Crippen molar-refractivity contribution in [1.82, 2.24) is 0 Å². The highest BCUT2D eigenvalue weighted by molar-refractivity contribution is 6.71. The standard InChI is InChI=1S/C8H20O2Si2/c1-11(2)9-8-6-5-7-12(3,4)10-8/h8,11H,5-7H2,1-4H3. The third-order valence-electron chi connectivity index (χ3n) is 2.09. The number of rotatable bonds is 2. The molecular weight excluding hydrogens is 184 g/mol. The Labute approximate surface area is 78.1 Å². The fourth-order valence-corrected chi connectivity index (χ4v) is 4.54. The summed E-state index contributed by atoms with van der Waals surface area (Å²) in [5, 5.41) is 0. The molecule has 0 N–H and O–H groups in total. The van der Waals surface area contributed by atoms with Crippen LogP contribution >= 0.6 is 0 Å². The van der Waals surface area contributed by atoms with Gasteiger partial charge in [-0.05, 0) is 45.1 Å². The van der Waals surface area contributed by atoms with E-state index in [1.807, 2.05) is 0 Å². The van der Waals surface area contributed by atoms with Gasteiger partial charge in [0, 0.05) is 0 Å². The van der Waals surface area contributed by atoms with E-state index in [2.05, 4.69) is 26.2 Å². The summed E-state index contributed by atoms with van der Waals surface area (Å²) in [7, 11) is -2.23. The van der Waals surface area contributed by atoms with Gasteiger partial charge >= 0.3 is 0 Å². The van der Waals surface area contributed by atoms with E-state index in [9.17, 15) is 0 Å². The van der Waals surface area contributed by atoms with Gasteiger partial charge in [-0.2, -0.15) is 0 Å². The van der Waals surface area contributed by atoms with Crippen LogP contribution in [0.5, 0.6) is 0 Å². The molecule has 4 heteroatoms. The molecule has 1 saturated heterocycles. The van der Waals surface area contributed by atoms with Crippen molar-refractivity contribution in [1.29, 1.82) is 0 Å². The molecule has 0 radical (unpaired) electrons. The summed E-state index contributed by atoms with van der Waals surface area (Å²) in [6.45, 7) is 8.97. The Morgan fingerprint density at radius 1 is 1.42 bits per heavy atom. The van der Waals surface area contributed by atoms with Crippen molar-refractivity contribution in [2.75, 3.05) is 0 Å². The minimum Gasteiger partial charge on any atom is -0.397 e. The van der Waals surface area contributed by atoms with Crippen molar-refractivity contribution < 1.29 is 8.85 Å². The first kappa shape index (κ1) is 10.4. The van der Waals surface area contributed by atoms with Crippen LogP contribution < -0.4 is 0 Å². The first-order valence-corrected chi connectivity index (χ1v) is 10.7. The number of hydrogen-bond acceptors (Lipinski definition) is 2. The molecule has 0 aromatic carbocycles. The maximum Gasteiger partial charge on any atom is 0.190 e. The zero-order chi connectivity index (χ0) is 9.19. The van der Waals surface area contributed by atoms with Gasteiger partial charge in [0.15, 0.2) is 17.4 Å². The summed E-state index contributed by atoms with van der Waals surface area (Å²) in [6.07, 6.45) is 2.55. The van der Waals surface area contributed by atoms with Crippen molar-refractivity contribution in [2.45, 2.75) is 51.4 Å². The van der Waals surface area contributed by atoms with Gasteiger partial charge in [-0.3, -0.25) is 0 Å². The highest BCUT2D eigenvalue weighted by Gasteiger charge is 2.31. The lowest BCUT2D eigenvalue weighted by molar-refractivity contribution is -0.0205. The number of hydrogen-bond donors (Lipinski definition) is 0. The van der Waals surface area contributed by atoms with Gasteiger partial charge in [0.05, 0.1) is 0 Å². The predicted octanol–water partition coefficient (Wildman–Crippen LogP) is 2.33. The predicted molar refractivity (Wildman–Crippen MR) is 56.4 cm³/mol. The van der Waals surface area contributed by atoms with Crippen LogP contribution in [-0.4, -0.2) is 23.6 Å². The van der Waals surface area contributed by atoms with Crippen LogP contribution in [0.3, 0.4) is 0 Å². The molecule has 72 valence electrons. The van der Waals surface area contributed by atoms with Crippen molar-refractivity contribution >= 4 is 17.4 Å². The van der Waals surface area contributed by atoms with Crippen LogP contribution in [0.1, 0.15) is 12.8 Å². The minimum atomic E-state index is -1.32. The second-order valence-corrected chi connectivity index (χ2v) is 11.0. The molecule has 0 amide bonds. The van der Waals surface area contributed by atoms with E-state index in [0.29, 0.717) is 0 Å². The van der Waals surface area contributed by atoms with E-state index in [0.717, 1.165) is 6.42 Å². The lowest BCUT2D eigenvalue weighted by Crippen LogP contribution is -2.41. The van der Waals surface area contributed by atoms with E-state index in [1.54, 1.807) is 0 Å². The third kappa shape index (κ3) is 3.39.